The van der Waals surface area contributed by atoms with Crippen LogP contribution in [0, 0.1) is 23.0 Å². The highest BCUT2D eigenvalue weighted by atomic mass is 16.6. The van der Waals surface area contributed by atoms with Crippen molar-refractivity contribution in [1.82, 2.24) is 4.90 Å². The van der Waals surface area contributed by atoms with Crippen LogP contribution in [0.5, 0.6) is 0 Å². The first-order valence-corrected chi connectivity index (χ1v) is 8.34. The largest absolute Gasteiger partial charge is 0.459 e. The quantitative estimate of drug-likeness (QED) is 0.669. The van der Waals surface area contributed by atoms with Gasteiger partial charge in [-0.2, -0.15) is 0 Å². The molecule has 0 atom stereocenters. The minimum absolute atomic E-state index is 0.00903. The van der Waals surface area contributed by atoms with E-state index in [0.29, 0.717) is 42.9 Å². The summed E-state index contributed by atoms with van der Waals surface area (Å²) in [5, 5.41) is 13.6. The Morgan fingerprint density at radius 2 is 2.00 bits per heavy atom. The molecule has 2 amide bonds. The number of carbonyl (C=O) groups is 2. The van der Waals surface area contributed by atoms with Gasteiger partial charge in [0.05, 0.1) is 11.2 Å². The number of non-ortho nitro benzene ring substituents is 1. The average Bonchev–Trinajstić information content (AvgIpc) is 3.17. The van der Waals surface area contributed by atoms with Crippen molar-refractivity contribution in [3.05, 3.63) is 58.0 Å². The number of piperidine rings is 1. The van der Waals surface area contributed by atoms with Gasteiger partial charge >= 0.3 is 0 Å². The van der Waals surface area contributed by atoms with E-state index in [4.69, 9.17) is 4.42 Å². The monoisotopic (exact) mass is 357 g/mol. The maximum absolute atomic E-state index is 12.5. The highest BCUT2D eigenvalue weighted by molar-refractivity contribution is 5.94. The number of nitro benzene ring substituents is 1. The van der Waals surface area contributed by atoms with Gasteiger partial charge in [-0.15, -0.1) is 0 Å². The lowest BCUT2D eigenvalue weighted by molar-refractivity contribution is -0.384. The Hall–Kier alpha value is -3.16. The molecule has 0 saturated carbocycles. The van der Waals surface area contributed by atoms with Crippen molar-refractivity contribution < 1.29 is 18.9 Å². The molecule has 0 spiro atoms. The number of nitro groups is 1. The summed E-state index contributed by atoms with van der Waals surface area (Å²) in [5.74, 6) is -0.202. The summed E-state index contributed by atoms with van der Waals surface area (Å²) in [6.07, 6.45) is 2.58. The fourth-order valence-electron chi connectivity index (χ4n) is 3.04. The minimum Gasteiger partial charge on any atom is -0.459 e. The average molecular weight is 357 g/mol. The molecular weight excluding hydrogens is 338 g/mol. The van der Waals surface area contributed by atoms with Gasteiger partial charge in [-0.1, -0.05) is 0 Å². The predicted octanol–water partition coefficient (Wildman–Crippen LogP) is 2.99. The molecule has 0 aliphatic carbocycles. The van der Waals surface area contributed by atoms with Crippen molar-refractivity contribution in [2.24, 2.45) is 5.92 Å². The molecule has 8 heteroatoms. The van der Waals surface area contributed by atoms with Crippen LogP contribution in [0.25, 0.3) is 0 Å². The second-order valence-electron chi connectivity index (χ2n) is 6.29. The summed E-state index contributed by atoms with van der Waals surface area (Å²) in [7, 11) is 0. The molecule has 26 heavy (non-hydrogen) atoms. The van der Waals surface area contributed by atoms with Crippen LogP contribution in [-0.4, -0.2) is 34.7 Å². The normalized spacial score (nSPS) is 14.9. The van der Waals surface area contributed by atoms with Crippen molar-refractivity contribution >= 4 is 23.2 Å². The number of aryl methyl sites for hydroxylation is 1. The van der Waals surface area contributed by atoms with Crippen LogP contribution < -0.4 is 5.32 Å². The van der Waals surface area contributed by atoms with Gasteiger partial charge in [0.1, 0.15) is 0 Å². The van der Waals surface area contributed by atoms with E-state index >= 15 is 0 Å². The molecule has 1 fully saturated rings. The first kappa shape index (κ1) is 17.7. The molecule has 1 saturated heterocycles. The number of likely N-dealkylation sites (tertiary alicyclic amines) is 1. The Morgan fingerprint density at radius 1 is 1.27 bits per heavy atom. The summed E-state index contributed by atoms with van der Waals surface area (Å²) < 4.78 is 5.12. The molecule has 8 nitrogen and oxygen atoms in total. The summed E-state index contributed by atoms with van der Waals surface area (Å²) >= 11 is 0. The predicted molar refractivity (Wildman–Crippen MR) is 93.8 cm³/mol. The van der Waals surface area contributed by atoms with Gasteiger partial charge in [0.15, 0.2) is 5.76 Å². The minimum atomic E-state index is -0.468. The van der Waals surface area contributed by atoms with Gasteiger partial charge in [-0.05, 0) is 43.5 Å². The van der Waals surface area contributed by atoms with Crippen LogP contribution in [0.3, 0.4) is 0 Å². The van der Waals surface area contributed by atoms with E-state index in [9.17, 15) is 19.7 Å². The number of nitrogens with one attached hydrogen (secondary N) is 1. The molecular formula is C18H19N3O5. The number of rotatable bonds is 4. The van der Waals surface area contributed by atoms with Gasteiger partial charge in [0.2, 0.25) is 5.91 Å². The van der Waals surface area contributed by atoms with E-state index in [1.807, 2.05) is 0 Å². The standard InChI is InChI=1S/C18H19N3O5/c1-12-11-14(21(24)25)4-5-15(12)19-17(22)13-6-8-20(9-7-13)18(23)16-3-2-10-26-16/h2-5,10-11,13H,6-9H2,1H3,(H,19,22). The molecule has 1 aliphatic rings. The molecule has 1 aromatic carbocycles. The summed E-state index contributed by atoms with van der Waals surface area (Å²) in [6, 6.07) is 7.63. The van der Waals surface area contributed by atoms with Gasteiger partial charge in [0.25, 0.3) is 11.6 Å². The Balaban J connectivity index is 1.57. The lowest BCUT2D eigenvalue weighted by atomic mass is 9.95. The zero-order chi connectivity index (χ0) is 18.7. The number of furan rings is 1. The van der Waals surface area contributed by atoms with Crippen molar-refractivity contribution in [2.45, 2.75) is 19.8 Å². The Labute approximate surface area is 149 Å². The zero-order valence-electron chi connectivity index (χ0n) is 14.3. The Bertz CT molecular complexity index is 823. The summed E-state index contributed by atoms with van der Waals surface area (Å²) in [6.45, 7) is 2.68. The van der Waals surface area contributed by atoms with E-state index in [0.717, 1.165) is 0 Å². The topological polar surface area (TPSA) is 106 Å². The fraction of sp³-hybridized carbons (Fsp3) is 0.333. The summed E-state index contributed by atoms with van der Waals surface area (Å²) in [5.41, 5.74) is 1.19. The molecule has 1 aliphatic heterocycles. The molecule has 0 unspecified atom stereocenters. The van der Waals surface area contributed by atoms with Crippen molar-refractivity contribution in [2.75, 3.05) is 18.4 Å². The highest BCUT2D eigenvalue weighted by Gasteiger charge is 2.29. The van der Waals surface area contributed by atoms with Crippen LogP contribution >= 0.6 is 0 Å². The maximum Gasteiger partial charge on any atom is 0.289 e. The molecule has 0 bridgehead atoms. The van der Waals surface area contributed by atoms with Crippen LogP contribution in [0.1, 0.15) is 29.0 Å². The second kappa shape index (κ2) is 7.38. The lowest BCUT2D eigenvalue weighted by Crippen LogP contribution is -2.41. The molecule has 2 heterocycles. The van der Waals surface area contributed by atoms with E-state index < -0.39 is 4.92 Å². The number of amides is 2. The SMILES string of the molecule is Cc1cc([N+](=O)[O-])ccc1NC(=O)C1CCN(C(=O)c2ccco2)CC1. The maximum atomic E-state index is 12.5. The number of benzene rings is 1. The third-order valence-corrected chi connectivity index (χ3v) is 4.56. The Morgan fingerprint density at radius 3 is 2.58 bits per heavy atom. The van der Waals surface area contributed by atoms with Crippen LogP contribution in [0.15, 0.2) is 41.0 Å². The van der Waals surface area contributed by atoms with Crippen molar-refractivity contribution in [1.29, 1.82) is 0 Å². The van der Waals surface area contributed by atoms with Crippen LogP contribution in [0.2, 0.25) is 0 Å². The molecule has 136 valence electrons. The lowest BCUT2D eigenvalue weighted by Gasteiger charge is -2.30. The fourth-order valence-corrected chi connectivity index (χ4v) is 3.04. The number of carbonyl (C=O) groups excluding carboxylic acids is 2. The number of nitrogens with zero attached hydrogens (tertiary/aromatic N) is 2. The third kappa shape index (κ3) is 3.74. The number of anilines is 1. The first-order valence-electron chi connectivity index (χ1n) is 8.34. The second-order valence-corrected chi connectivity index (χ2v) is 6.29. The number of hydrogen-bond donors (Lipinski definition) is 1. The van der Waals surface area contributed by atoms with E-state index in [1.165, 1.54) is 18.4 Å². The third-order valence-electron chi connectivity index (χ3n) is 4.56. The smallest absolute Gasteiger partial charge is 0.289 e. The molecule has 2 aromatic rings. The van der Waals surface area contributed by atoms with Gasteiger partial charge in [-0.3, -0.25) is 19.7 Å². The Kier molecular flexibility index (Phi) is 5.01. The molecule has 1 N–H and O–H groups in total. The zero-order valence-corrected chi connectivity index (χ0v) is 14.3. The van der Waals surface area contributed by atoms with Crippen molar-refractivity contribution in [3.8, 4) is 0 Å². The molecule has 1 aromatic heterocycles. The highest BCUT2D eigenvalue weighted by Crippen LogP contribution is 2.24. The van der Waals surface area contributed by atoms with Gasteiger partial charge < -0.3 is 14.6 Å². The molecule has 0 radical (unpaired) electrons. The van der Waals surface area contributed by atoms with Crippen LogP contribution in [-0.2, 0) is 4.79 Å². The summed E-state index contributed by atoms with van der Waals surface area (Å²) in [4.78, 5) is 36.7. The molecule has 3 rings (SSSR count). The number of hydrogen-bond acceptors (Lipinski definition) is 5. The first-order chi connectivity index (χ1) is 12.5. The van der Waals surface area contributed by atoms with Crippen molar-refractivity contribution in [3.63, 3.8) is 0 Å². The van der Waals surface area contributed by atoms with E-state index in [1.54, 1.807) is 30.0 Å². The van der Waals surface area contributed by atoms with Gasteiger partial charge in [-0.25, -0.2) is 0 Å². The van der Waals surface area contributed by atoms with E-state index in [2.05, 4.69) is 5.32 Å². The van der Waals surface area contributed by atoms with Gasteiger partial charge in [0, 0.05) is 36.8 Å². The van der Waals surface area contributed by atoms with E-state index in [-0.39, 0.29) is 23.4 Å². The van der Waals surface area contributed by atoms with Crippen LogP contribution in [0.4, 0.5) is 11.4 Å².